The van der Waals surface area contributed by atoms with Crippen molar-refractivity contribution in [2.24, 2.45) is 14.1 Å². The van der Waals surface area contributed by atoms with Gasteiger partial charge in [0.1, 0.15) is 0 Å². The number of aryl methyl sites for hydroxylation is 2. The molecule has 2 heterocycles. The molecule has 0 N–H and O–H groups in total. The van der Waals surface area contributed by atoms with E-state index in [2.05, 4.69) is 4.98 Å². The van der Waals surface area contributed by atoms with E-state index in [0.717, 1.165) is 10.1 Å². The molecule has 142 valence electrons. The number of carbonyl (C=O) groups is 1. The third kappa shape index (κ3) is 3.84. The number of halogens is 2. The Morgan fingerprint density at radius 2 is 1.85 bits per heavy atom. The molecule has 0 unspecified atom stereocenters. The van der Waals surface area contributed by atoms with Gasteiger partial charge >= 0.3 is 5.69 Å². The molecule has 0 fully saturated rings. The highest BCUT2D eigenvalue weighted by Crippen LogP contribution is 2.23. The third-order valence-electron chi connectivity index (χ3n) is 4.47. The first kappa shape index (κ1) is 19.4. The molecule has 1 aromatic carbocycles. The van der Waals surface area contributed by atoms with Gasteiger partial charge in [-0.2, -0.15) is 0 Å². The standard InChI is InChI=1S/C18H18Cl2N4O3/c1-22-16-15(17(26)23(2)18(22)27)24(10-21-16)9-12(25)5-3-4-11-6-7-13(19)14(20)8-11/h6-8,10H,3-5,9H2,1-2H3. The zero-order chi connectivity index (χ0) is 19.7. The van der Waals surface area contributed by atoms with Gasteiger partial charge in [0.15, 0.2) is 16.9 Å². The van der Waals surface area contributed by atoms with E-state index >= 15 is 0 Å². The van der Waals surface area contributed by atoms with Crippen molar-refractivity contribution >= 4 is 40.1 Å². The van der Waals surface area contributed by atoms with Gasteiger partial charge in [0.05, 0.1) is 22.9 Å². The highest BCUT2D eigenvalue weighted by Gasteiger charge is 2.15. The van der Waals surface area contributed by atoms with Crippen LogP contribution in [0.1, 0.15) is 18.4 Å². The number of imidazole rings is 1. The molecule has 0 atom stereocenters. The molecule has 0 spiro atoms. The fourth-order valence-corrected chi connectivity index (χ4v) is 3.29. The second kappa shape index (κ2) is 7.70. The third-order valence-corrected chi connectivity index (χ3v) is 5.21. The van der Waals surface area contributed by atoms with Crippen LogP contribution in [0.4, 0.5) is 0 Å². The van der Waals surface area contributed by atoms with Crippen molar-refractivity contribution < 1.29 is 4.79 Å². The maximum absolute atomic E-state index is 12.4. The van der Waals surface area contributed by atoms with Crippen molar-refractivity contribution in [3.63, 3.8) is 0 Å². The summed E-state index contributed by atoms with van der Waals surface area (Å²) >= 11 is 11.9. The van der Waals surface area contributed by atoms with Crippen LogP contribution in [0.3, 0.4) is 0 Å². The molecule has 0 amide bonds. The SMILES string of the molecule is Cn1c(=O)c2c(ncn2CC(=O)CCCc2ccc(Cl)c(Cl)c2)n(C)c1=O. The van der Waals surface area contributed by atoms with Gasteiger partial charge in [-0.3, -0.25) is 18.7 Å². The maximum atomic E-state index is 12.4. The zero-order valence-electron chi connectivity index (χ0n) is 14.9. The summed E-state index contributed by atoms with van der Waals surface area (Å²) in [6.45, 7) is 0.0331. The normalized spacial score (nSPS) is 11.3. The zero-order valence-corrected chi connectivity index (χ0v) is 16.4. The van der Waals surface area contributed by atoms with E-state index in [1.54, 1.807) is 19.2 Å². The largest absolute Gasteiger partial charge is 0.332 e. The summed E-state index contributed by atoms with van der Waals surface area (Å²) in [7, 11) is 2.95. The van der Waals surface area contributed by atoms with Crippen LogP contribution in [-0.4, -0.2) is 24.5 Å². The summed E-state index contributed by atoms with van der Waals surface area (Å²) in [4.78, 5) is 40.8. The maximum Gasteiger partial charge on any atom is 0.332 e. The van der Waals surface area contributed by atoms with Gasteiger partial charge in [0.25, 0.3) is 5.56 Å². The molecule has 0 radical (unpaired) electrons. The van der Waals surface area contributed by atoms with Crippen molar-refractivity contribution in [3.8, 4) is 0 Å². The molecule has 0 bridgehead atoms. The lowest BCUT2D eigenvalue weighted by atomic mass is 10.1. The first-order valence-electron chi connectivity index (χ1n) is 8.36. The smallest absolute Gasteiger partial charge is 0.317 e. The monoisotopic (exact) mass is 408 g/mol. The van der Waals surface area contributed by atoms with Gasteiger partial charge in [-0.15, -0.1) is 0 Å². The Labute approximate surface area is 164 Å². The average molecular weight is 409 g/mol. The van der Waals surface area contributed by atoms with E-state index in [9.17, 15) is 14.4 Å². The molecule has 0 saturated carbocycles. The number of rotatable bonds is 6. The second-order valence-corrected chi connectivity index (χ2v) is 7.21. The van der Waals surface area contributed by atoms with E-state index in [-0.39, 0.29) is 23.5 Å². The number of hydrogen-bond acceptors (Lipinski definition) is 4. The molecule has 3 rings (SSSR count). The molecule has 27 heavy (non-hydrogen) atoms. The molecule has 0 saturated heterocycles. The van der Waals surface area contributed by atoms with Crippen molar-refractivity contribution in [2.45, 2.75) is 25.8 Å². The summed E-state index contributed by atoms with van der Waals surface area (Å²) in [5, 5.41) is 0.992. The van der Waals surface area contributed by atoms with Gasteiger partial charge in [-0.25, -0.2) is 9.78 Å². The molecule has 0 aliphatic rings. The van der Waals surface area contributed by atoms with Crippen LogP contribution in [0.15, 0.2) is 34.1 Å². The highest BCUT2D eigenvalue weighted by molar-refractivity contribution is 6.42. The van der Waals surface area contributed by atoms with Crippen LogP contribution in [0.25, 0.3) is 11.2 Å². The number of hydrogen-bond donors (Lipinski definition) is 0. The minimum atomic E-state index is -0.464. The number of Topliss-reactive ketones (excluding diaryl/α,β-unsaturated/α-hetero) is 1. The summed E-state index contributed by atoms with van der Waals surface area (Å²) in [6, 6.07) is 5.41. The van der Waals surface area contributed by atoms with Crippen molar-refractivity contribution in [1.82, 2.24) is 18.7 Å². The molecular formula is C18H18Cl2N4O3. The average Bonchev–Trinajstić information content (AvgIpc) is 3.04. The quantitative estimate of drug-likeness (QED) is 0.626. The molecule has 9 heteroatoms. The number of fused-ring (bicyclic) bond motifs is 1. The Hall–Kier alpha value is -2.38. The van der Waals surface area contributed by atoms with E-state index in [1.807, 2.05) is 6.07 Å². The fourth-order valence-electron chi connectivity index (χ4n) is 2.97. The topological polar surface area (TPSA) is 78.9 Å². The van der Waals surface area contributed by atoms with Crippen LogP contribution < -0.4 is 11.2 Å². The minimum absolute atomic E-state index is 0.0229. The van der Waals surface area contributed by atoms with E-state index < -0.39 is 11.2 Å². The van der Waals surface area contributed by atoms with E-state index in [0.29, 0.717) is 29.3 Å². The summed E-state index contributed by atoms with van der Waals surface area (Å²) in [5.74, 6) is -0.0229. The lowest BCUT2D eigenvalue weighted by Gasteiger charge is -2.07. The first-order valence-corrected chi connectivity index (χ1v) is 9.11. The number of carbonyl (C=O) groups excluding carboxylic acids is 1. The molecule has 7 nitrogen and oxygen atoms in total. The van der Waals surface area contributed by atoms with Crippen molar-refractivity contribution in [3.05, 3.63) is 61.0 Å². The first-order chi connectivity index (χ1) is 12.8. The Bertz CT molecular complexity index is 1140. The molecule has 0 aliphatic carbocycles. The Kier molecular flexibility index (Phi) is 5.53. The van der Waals surface area contributed by atoms with Crippen molar-refractivity contribution in [1.29, 1.82) is 0 Å². The van der Waals surface area contributed by atoms with Gasteiger partial charge < -0.3 is 4.57 Å². The number of aromatic nitrogens is 4. The lowest BCUT2D eigenvalue weighted by Crippen LogP contribution is -2.37. The summed E-state index contributed by atoms with van der Waals surface area (Å²) < 4.78 is 3.80. The van der Waals surface area contributed by atoms with Crippen LogP contribution in [-0.2, 0) is 31.9 Å². The van der Waals surface area contributed by atoms with Gasteiger partial charge in [0.2, 0.25) is 0 Å². The van der Waals surface area contributed by atoms with Gasteiger partial charge in [-0.05, 0) is 30.5 Å². The van der Waals surface area contributed by atoms with Gasteiger partial charge in [-0.1, -0.05) is 29.3 Å². The predicted molar refractivity (Wildman–Crippen MR) is 105 cm³/mol. The van der Waals surface area contributed by atoms with Gasteiger partial charge in [0, 0.05) is 20.5 Å². The molecular weight excluding hydrogens is 391 g/mol. The Morgan fingerprint density at radius 3 is 2.56 bits per heavy atom. The van der Waals surface area contributed by atoms with Crippen LogP contribution in [0.5, 0.6) is 0 Å². The number of nitrogens with zero attached hydrogens (tertiary/aromatic N) is 4. The lowest BCUT2D eigenvalue weighted by molar-refractivity contribution is -0.119. The fraction of sp³-hybridized carbons (Fsp3) is 0.333. The number of ketones is 1. The Balaban J connectivity index is 1.70. The second-order valence-electron chi connectivity index (χ2n) is 6.39. The predicted octanol–water partition coefficient (Wildman–Crippen LogP) is 2.33. The van der Waals surface area contributed by atoms with E-state index in [4.69, 9.17) is 23.2 Å². The summed E-state index contributed by atoms with van der Waals surface area (Å²) in [6.07, 6.45) is 3.12. The minimum Gasteiger partial charge on any atom is -0.317 e. The van der Waals surface area contributed by atoms with Crippen LogP contribution in [0.2, 0.25) is 10.0 Å². The van der Waals surface area contributed by atoms with Crippen molar-refractivity contribution in [2.75, 3.05) is 0 Å². The highest BCUT2D eigenvalue weighted by atomic mass is 35.5. The molecule has 3 aromatic rings. The Morgan fingerprint density at radius 1 is 1.11 bits per heavy atom. The number of benzene rings is 1. The van der Waals surface area contributed by atoms with E-state index in [1.165, 1.54) is 22.5 Å². The molecule has 2 aromatic heterocycles. The molecule has 0 aliphatic heterocycles. The van der Waals surface area contributed by atoms with Crippen LogP contribution in [0, 0.1) is 0 Å². The summed E-state index contributed by atoms with van der Waals surface area (Å²) in [5.41, 5.74) is 0.609. The van der Waals surface area contributed by atoms with Crippen LogP contribution >= 0.6 is 23.2 Å².